The van der Waals surface area contributed by atoms with Crippen molar-refractivity contribution in [2.24, 2.45) is 0 Å². The van der Waals surface area contributed by atoms with Gasteiger partial charge in [0.1, 0.15) is 12.1 Å². The Bertz CT molecular complexity index is 807. The van der Waals surface area contributed by atoms with E-state index in [2.05, 4.69) is 36.5 Å². The van der Waals surface area contributed by atoms with E-state index in [1.54, 1.807) is 6.07 Å². The summed E-state index contributed by atoms with van der Waals surface area (Å²) < 4.78 is 0.981. The van der Waals surface area contributed by atoms with Crippen molar-refractivity contribution >= 4 is 50.4 Å². The molecule has 0 saturated carbocycles. The third-order valence-electron chi connectivity index (χ3n) is 2.95. The van der Waals surface area contributed by atoms with Gasteiger partial charge in [0.05, 0.1) is 5.52 Å². The highest BCUT2D eigenvalue weighted by Gasteiger charge is 2.05. The number of nitrogens with one attached hydrogen (secondary N) is 2. The fourth-order valence-electron chi connectivity index (χ4n) is 2.02. The highest BCUT2D eigenvalue weighted by Crippen LogP contribution is 2.26. The van der Waals surface area contributed by atoms with Crippen LogP contribution in [0.15, 0.2) is 53.3 Å². The quantitative estimate of drug-likeness (QED) is 0.709. The number of benzene rings is 2. The van der Waals surface area contributed by atoms with Crippen LogP contribution in [0, 0.1) is 0 Å². The first-order chi connectivity index (χ1) is 10.3. The molecule has 104 valence electrons. The van der Waals surface area contributed by atoms with Gasteiger partial charge in [0, 0.05) is 21.2 Å². The van der Waals surface area contributed by atoms with Gasteiger partial charge in [-0.1, -0.05) is 22.0 Å². The number of amides is 1. The van der Waals surface area contributed by atoms with Gasteiger partial charge in [-0.2, -0.15) is 0 Å². The van der Waals surface area contributed by atoms with Gasteiger partial charge < -0.3 is 10.6 Å². The molecular weight excluding hydrogens is 332 g/mol. The molecule has 0 fully saturated rings. The van der Waals surface area contributed by atoms with Crippen LogP contribution in [0.2, 0.25) is 0 Å². The number of carbonyl (C=O) groups excluding carboxylic acids is 1. The predicted molar refractivity (Wildman–Crippen MR) is 86.6 cm³/mol. The van der Waals surface area contributed by atoms with E-state index in [1.807, 2.05) is 36.4 Å². The first-order valence-electron chi connectivity index (χ1n) is 6.24. The zero-order valence-electron chi connectivity index (χ0n) is 10.9. The van der Waals surface area contributed by atoms with E-state index in [-0.39, 0.29) is 0 Å². The van der Waals surface area contributed by atoms with Crippen molar-refractivity contribution in [2.45, 2.75) is 0 Å². The molecule has 1 amide bonds. The number of carbonyl (C=O) groups is 1. The van der Waals surface area contributed by atoms with Gasteiger partial charge >= 0.3 is 0 Å². The molecule has 0 spiro atoms. The Labute approximate surface area is 129 Å². The summed E-state index contributed by atoms with van der Waals surface area (Å²) >= 11 is 3.44. The molecule has 0 unspecified atom stereocenters. The van der Waals surface area contributed by atoms with Crippen molar-refractivity contribution in [1.82, 2.24) is 9.97 Å². The maximum Gasteiger partial charge on any atom is 0.211 e. The van der Waals surface area contributed by atoms with Gasteiger partial charge in [0.15, 0.2) is 0 Å². The molecular formula is C15H11BrN4O. The van der Waals surface area contributed by atoms with Crippen molar-refractivity contribution in [2.75, 3.05) is 10.6 Å². The van der Waals surface area contributed by atoms with Gasteiger partial charge in [-0.15, -0.1) is 0 Å². The molecule has 0 aliphatic heterocycles. The second kappa shape index (κ2) is 5.88. The van der Waals surface area contributed by atoms with Crippen LogP contribution in [0.25, 0.3) is 10.9 Å². The number of hydrogen-bond acceptors (Lipinski definition) is 4. The van der Waals surface area contributed by atoms with Crippen molar-refractivity contribution in [3.63, 3.8) is 0 Å². The standard InChI is InChI=1S/C15H11BrN4O/c16-10-2-1-3-12(6-10)20-15-13-7-11(19-9-21)4-5-14(13)17-8-18-15/h1-9H,(H,19,21)(H,17,18,20). The van der Waals surface area contributed by atoms with E-state index in [0.29, 0.717) is 17.9 Å². The minimum atomic E-state index is 0.645. The molecule has 1 aromatic heterocycles. The van der Waals surface area contributed by atoms with Crippen LogP contribution in [0.1, 0.15) is 0 Å². The van der Waals surface area contributed by atoms with Crippen LogP contribution in [0.4, 0.5) is 17.2 Å². The molecule has 0 atom stereocenters. The number of nitrogens with zero attached hydrogens (tertiary/aromatic N) is 2. The molecule has 5 nitrogen and oxygen atoms in total. The lowest BCUT2D eigenvalue weighted by atomic mass is 10.2. The Morgan fingerprint density at radius 3 is 2.76 bits per heavy atom. The van der Waals surface area contributed by atoms with Gasteiger partial charge in [0.2, 0.25) is 6.41 Å². The summed E-state index contributed by atoms with van der Waals surface area (Å²) in [5, 5.41) is 6.73. The SMILES string of the molecule is O=CNc1ccc2ncnc(Nc3cccc(Br)c3)c2c1. The van der Waals surface area contributed by atoms with Gasteiger partial charge in [-0.05, 0) is 36.4 Å². The molecule has 21 heavy (non-hydrogen) atoms. The monoisotopic (exact) mass is 342 g/mol. The minimum absolute atomic E-state index is 0.645. The van der Waals surface area contributed by atoms with Crippen LogP contribution >= 0.6 is 15.9 Å². The van der Waals surface area contributed by atoms with Crippen LogP contribution in [0.5, 0.6) is 0 Å². The Morgan fingerprint density at radius 1 is 1.05 bits per heavy atom. The third kappa shape index (κ3) is 3.00. The maximum absolute atomic E-state index is 10.6. The molecule has 1 heterocycles. The van der Waals surface area contributed by atoms with E-state index in [9.17, 15) is 4.79 Å². The fraction of sp³-hybridized carbons (Fsp3) is 0. The summed E-state index contributed by atoms with van der Waals surface area (Å²) in [5.41, 5.74) is 2.42. The lowest BCUT2D eigenvalue weighted by molar-refractivity contribution is -0.105. The first-order valence-corrected chi connectivity index (χ1v) is 7.03. The van der Waals surface area contributed by atoms with Gasteiger partial charge in [-0.25, -0.2) is 9.97 Å². The van der Waals surface area contributed by atoms with Gasteiger partial charge in [-0.3, -0.25) is 4.79 Å². The lowest BCUT2D eigenvalue weighted by Gasteiger charge is -2.09. The maximum atomic E-state index is 10.6. The zero-order chi connectivity index (χ0) is 14.7. The Morgan fingerprint density at radius 2 is 1.95 bits per heavy atom. The number of rotatable bonds is 4. The molecule has 0 aliphatic rings. The number of fused-ring (bicyclic) bond motifs is 1. The van der Waals surface area contributed by atoms with E-state index >= 15 is 0 Å². The first kappa shape index (κ1) is 13.5. The molecule has 0 aliphatic carbocycles. The highest BCUT2D eigenvalue weighted by molar-refractivity contribution is 9.10. The van der Waals surface area contributed by atoms with Crippen LogP contribution in [0.3, 0.4) is 0 Å². The van der Waals surface area contributed by atoms with Crippen molar-refractivity contribution in [3.8, 4) is 0 Å². The molecule has 0 saturated heterocycles. The Kier molecular flexibility index (Phi) is 3.79. The van der Waals surface area contributed by atoms with Crippen LogP contribution < -0.4 is 10.6 Å². The molecule has 2 N–H and O–H groups in total. The van der Waals surface area contributed by atoms with E-state index in [1.165, 1.54) is 6.33 Å². The fourth-order valence-corrected chi connectivity index (χ4v) is 2.42. The second-order valence-corrected chi connectivity index (χ2v) is 5.27. The van der Waals surface area contributed by atoms with E-state index < -0.39 is 0 Å². The summed E-state index contributed by atoms with van der Waals surface area (Å²) in [7, 11) is 0. The normalized spacial score (nSPS) is 10.3. The zero-order valence-corrected chi connectivity index (χ0v) is 12.5. The molecule has 3 aromatic rings. The smallest absolute Gasteiger partial charge is 0.211 e. The average molecular weight is 343 g/mol. The predicted octanol–water partition coefficient (Wildman–Crippen LogP) is 3.70. The molecule has 6 heteroatoms. The summed E-state index contributed by atoms with van der Waals surface area (Å²) in [5.74, 6) is 0.688. The van der Waals surface area contributed by atoms with Crippen molar-refractivity contribution in [1.29, 1.82) is 0 Å². The largest absolute Gasteiger partial charge is 0.340 e. The van der Waals surface area contributed by atoms with Crippen molar-refractivity contribution < 1.29 is 4.79 Å². The second-order valence-electron chi connectivity index (χ2n) is 4.35. The minimum Gasteiger partial charge on any atom is -0.340 e. The molecule has 2 aromatic carbocycles. The number of aromatic nitrogens is 2. The average Bonchev–Trinajstić information content (AvgIpc) is 2.48. The summed E-state index contributed by atoms with van der Waals surface area (Å²) in [6.07, 6.45) is 2.15. The van der Waals surface area contributed by atoms with Crippen molar-refractivity contribution in [3.05, 3.63) is 53.3 Å². The summed E-state index contributed by atoms with van der Waals surface area (Å²) in [6.45, 7) is 0. The van der Waals surface area contributed by atoms with E-state index in [0.717, 1.165) is 21.1 Å². The number of anilines is 3. The number of halogens is 1. The Hall–Kier alpha value is -2.47. The summed E-state index contributed by atoms with van der Waals surface area (Å²) in [4.78, 5) is 19.1. The number of hydrogen-bond donors (Lipinski definition) is 2. The third-order valence-corrected chi connectivity index (χ3v) is 3.44. The lowest BCUT2D eigenvalue weighted by Crippen LogP contribution is -1.98. The topological polar surface area (TPSA) is 66.9 Å². The van der Waals surface area contributed by atoms with E-state index in [4.69, 9.17) is 0 Å². The van der Waals surface area contributed by atoms with Gasteiger partial charge in [0.25, 0.3) is 0 Å². The van der Waals surface area contributed by atoms with Crippen LogP contribution in [-0.4, -0.2) is 16.4 Å². The summed E-state index contributed by atoms with van der Waals surface area (Å²) in [6, 6.07) is 13.3. The molecule has 3 rings (SSSR count). The highest BCUT2D eigenvalue weighted by atomic mass is 79.9. The Balaban J connectivity index is 2.04. The molecule has 0 radical (unpaired) electrons. The molecule has 0 bridgehead atoms. The van der Waals surface area contributed by atoms with Crippen LogP contribution in [-0.2, 0) is 4.79 Å².